The Morgan fingerprint density at radius 2 is 1.73 bits per heavy atom. The van der Waals surface area contributed by atoms with Gasteiger partial charge in [0.05, 0.1) is 17.1 Å². The Morgan fingerprint density at radius 3 is 2.45 bits per heavy atom. The number of benzene rings is 1. The van der Waals surface area contributed by atoms with Crippen molar-refractivity contribution < 1.29 is 33.4 Å². The number of anilines is 2. The fourth-order valence-electron chi connectivity index (χ4n) is 9.54. The van der Waals surface area contributed by atoms with E-state index >= 15 is 0 Å². The summed E-state index contributed by atoms with van der Waals surface area (Å²) in [5.41, 5.74) is 3.36. The molecule has 354 valence electrons. The zero-order chi connectivity index (χ0) is 47.6. The van der Waals surface area contributed by atoms with Crippen LogP contribution >= 0.6 is 0 Å². The number of aromatic nitrogens is 3. The van der Waals surface area contributed by atoms with E-state index in [2.05, 4.69) is 63.5 Å². The first kappa shape index (κ1) is 47.6. The minimum absolute atomic E-state index is 0.0792. The second kappa shape index (κ2) is 19.8. The summed E-state index contributed by atoms with van der Waals surface area (Å²) in [4.78, 5) is 83.6. The predicted octanol–water partition coefficient (Wildman–Crippen LogP) is 8.07. The van der Waals surface area contributed by atoms with Gasteiger partial charge in [-0.05, 0) is 114 Å². The molecule has 4 aliphatic heterocycles. The number of hydrogen-bond donors (Lipinski definition) is 1. The van der Waals surface area contributed by atoms with E-state index in [1.807, 2.05) is 45.0 Å². The Hall–Kier alpha value is -5.89. The molecule has 67 heavy (non-hydrogen) atoms. The molecule has 0 saturated carbocycles. The zero-order valence-electron chi connectivity index (χ0n) is 40.0. The van der Waals surface area contributed by atoms with Crippen LogP contribution < -0.4 is 10.2 Å². The molecule has 1 unspecified atom stereocenters. The third-order valence-electron chi connectivity index (χ3n) is 13.3. The van der Waals surface area contributed by atoms with Gasteiger partial charge in [-0.3, -0.25) is 29.0 Å². The standard InChI is InChI=1S/C51H64N8O7Si/c1-8-55-23-11-16-40(55)43-28-37-31-52-44(29-42(37)59(43)50(64)66-51(2,3)4)54-47(61)36-17-19-45(53-30-36)56-24-21-34(22-25-56)12-9-13-35-14-10-15-38-39(35)32-57(48(38)62)41-18-20-46(60)58(49(41)63)33-65-26-27-67(5,6)7/h10,14-15,17,19,28-31,34,40-41H,8,11-12,16,18,20-27,32-33H2,1-7H3,(H,52,54,61)/t40-,41?/m1/s1. The average molecular weight is 929 g/mol. The molecule has 0 bridgehead atoms. The van der Waals surface area contributed by atoms with Crippen LogP contribution in [0, 0.1) is 17.8 Å². The molecule has 1 aromatic carbocycles. The topological polar surface area (TPSA) is 160 Å². The van der Waals surface area contributed by atoms with Crippen molar-refractivity contribution in [3.63, 3.8) is 0 Å². The van der Waals surface area contributed by atoms with Gasteiger partial charge in [0.25, 0.3) is 17.7 Å². The molecule has 4 aromatic rings. The molecule has 1 N–H and O–H groups in total. The number of amides is 4. The Bertz CT molecular complexity index is 2600. The molecule has 4 amide bonds. The fourth-order valence-corrected chi connectivity index (χ4v) is 10.3. The number of nitrogens with zero attached hydrogens (tertiary/aromatic N) is 7. The first-order valence-electron chi connectivity index (χ1n) is 23.8. The third kappa shape index (κ3) is 10.8. The lowest BCUT2D eigenvalue weighted by Crippen LogP contribution is -2.55. The van der Waals surface area contributed by atoms with Crippen molar-refractivity contribution in [2.75, 3.05) is 49.7 Å². The van der Waals surface area contributed by atoms with Gasteiger partial charge in [0, 0.05) is 87.8 Å². The van der Waals surface area contributed by atoms with Gasteiger partial charge in [-0.2, -0.15) is 0 Å². The molecular weight excluding hydrogens is 865 g/mol. The summed E-state index contributed by atoms with van der Waals surface area (Å²) in [5.74, 6) is 7.03. The van der Waals surface area contributed by atoms with Crippen LogP contribution in [-0.2, 0) is 25.6 Å². The van der Waals surface area contributed by atoms with Crippen LogP contribution in [-0.4, -0.2) is 118 Å². The molecule has 15 nitrogen and oxygen atoms in total. The lowest BCUT2D eigenvalue weighted by atomic mass is 9.93. The maximum absolute atomic E-state index is 13.7. The summed E-state index contributed by atoms with van der Waals surface area (Å²) in [6, 6.07) is 13.2. The van der Waals surface area contributed by atoms with Crippen LogP contribution in [0.3, 0.4) is 0 Å². The molecule has 0 spiro atoms. The molecule has 4 aliphatic rings. The van der Waals surface area contributed by atoms with E-state index in [1.54, 1.807) is 40.1 Å². The van der Waals surface area contributed by atoms with Crippen molar-refractivity contribution in [3.8, 4) is 11.8 Å². The maximum atomic E-state index is 13.7. The highest BCUT2D eigenvalue weighted by Crippen LogP contribution is 2.37. The van der Waals surface area contributed by atoms with Crippen LogP contribution in [0.4, 0.5) is 16.4 Å². The van der Waals surface area contributed by atoms with E-state index in [4.69, 9.17) is 9.47 Å². The second-order valence-electron chi connectivity index (χ2n) is 20.4. The van der Waals surface area contributed by atoms with Gasteiger partial charge in [0.15, 0.2) is 0 Å². The lowest BCUT2D eigenvalue weighted by molar-refractivity contribution is -0.158. The zero-order valence-corrected chi connectivity index (χ0v) is 41.0. The summed E-state index contributed by atoms with van der Waals surface area (Å²) < 4.78 is 13.3. The molecular formula is C51H64N8O7Si. The Labute approximate surface area is 394 Å². The number of hydrogen-bond acceptors (Lipinski definition) is 11. The van der Waals surface area contributed by atoms with Crippen molar-refractivity contribution in [1.29, 1.82) is 0 Å². The predicted molar refractivity (Wildman–Crippen MR) is 259 cm³/mol. The van der Waals surface area contributed by atoms with Crippen LogP contribution in [0.25, 0.3) is 10.9 Å². The van der Waals surface area contributed by atoms with Gasteiger partial charge < -0.3 is 24.6 Å². The number of likely N-dealkylation sites (tertiary alicyclic amines) is 2. The number of nitrogens with one attached hydrogen (secondary N) is 1. The molecule has 8 rings (SSSR count). The van der Waals surface area contributed by atoms with E-state index in [-0.39, 0.29) is 49.4 Å². The van der Waals surface area contributed by atoms with Gasteiger partial charge >= 0.3 is 6.09 Å². The highest BCUT2D eigenvalue weighted by atomic mass is 28.3. The Morgan fingerprint density at radius 1 is 0.940 bits per heavy atom. The van der Waals surface area contributed by atoms with Crippen LogP contribution in [0.2, 0.25) is 25.7 Å². The number of ether oxygens (including phenoxy) is 2. The molecule has 3 aromatic heterocycles. The normalized spacial score (nSPS) is 19.5. The molecule has 7 heterocycles. The largest absolute Gasteiger partial charge is 0.443 e. The third-order valence-corrected chi connectivity index (χ3v) is 15.0. The minimum atomic E-state index is -1.33. The van der Waals surface area contributed by atoms with Crippen molar-refractivity contribution in [1.82, 2.24) is 29.2 Å². The molecule has 3 fully saturated rings. The maximum Gasteiger partial charge on any atom is 0.419 e. The minimum Gasteiger partial charge on any atom is -0.443 e. The van der Waals surface area contributed by atoms with E-state index in [1.165, 1.54) is 4.90 Å². The summed E-state index contributed by atoms with van der Waals surface area (Å²) in [6.45, 7) is 18.5. The van der Waals surface area contributed by atoms with Crippen LogP contribution in [0.5, 0.6) is 0 Å². The van der Waals surface area contributed by atoms with Gasteiger partial charge in [-0.25, -0.2) is 19.3 Å². The van der Waals surface area contributed by atoms with Gasteiger partial charge in [0.2, 0.25) is 5.91 Å². The number of pyridine rings is 2. The Balaban J connectivity index is 0.850. The number of imide groups is 1. The van der Waals surface area contributed by atoms with E-state index in [0.717, 1.165) is 85.9 Å². The molecule has 2 atom stereocenters. The smallest absolute Gasteiger partial charge is 0.419 e. The van der Waals surface area contributed by atoms with Gasteiger partial charge in [0.1, 0.15) is 30.0 Å². The fraction of sp³-hybridized carbons (Fsp3) is 0.510. The quantitative estimate of drug-likeness (QED) is 0.0634. The molecule has 3 saturated heterocycles. The van der Waals surface area contributed by atoms with Crippen molar-refractivity contribution in [3.05, 3.63) is 82.8 Å². The van der Waals surface area contributed by atoms with Crippen LogP contribution in [0.1, 0.15) is 116 Å². The van der Waals surface area contributed by atoms with Gasteiger partial charge in [-0.1, -0.05) is 44.5 Å². The average Bonchev–Trinajstić information content (AvgIpc) is 4.01. The summed E-state index contributed by atoms with van der Waals surface area (Å²) >= 11 is 0. The van der Waals surface area contributed by atoms with Crippen molar-refractivity contribution in [2.24, 2.45) is 5.92 Å². The summed E-state index contributed by atoms with van der Waals surface area (Å²) in [6.07, 6.45) is 7.84. The molecule has 0 radical (unpaired) electrons. The van der Waals surface area contributed by atoms with E-state index in [0.29, 0.717) is 47.8 Å². The Kier molecular flexibility index (Phi) is 14.0. The van der Waals surface area contributed by atoms with E-state index < -0.39 is 25.8 Å². The number of piperidine rings is 2. The lowest BCUT2D eigenvalue weighted by Gasteiger charge is -2.35. The number of carbonyl (C=O) groups is 5. The van der Waals surface area contributed by atoms with Crippen molar-refractivity contribution >= 4 is 60.3 Å². The monoisotopic (exact) mass is 928 g/mol. The number of fused-ring (bicyclic) bond motifs is 2. The summed E-state index contributed by atoms with van der Waals surface area (Å²) in [5, 5.41) is 3.70. The number of carbonyl (C=O) groups excluding carboxylic acids is 5. The first-order chi connectivity index (χ1) is 32.0. The van der Waals surface area contributed by atoms with E-state index in [9.17, 15) is 24.0 Å². The van der Waals surface area contributed by atoms with Gasteiger partial charge in [-0.15, -0.1) is 0 Å². The SMILES string of the molecule is CCN1CCC[C@@H]1c1cc2cnc(NC(=O)c3ccc(N4CCC(CC#Cc5cccc6c5CN(C5CCC(=O)N(COCC[Si](C)(C)C)C5=O)C6=O)CC4)nc3)cc2n1C(=O)OC(C)(C)C. The highest BCUT2D eigenvalue weighted by Gasteiger charge is 2.43. The highest BCUT2D eigenvalue weighted by molar-refractivity contribution is 6.76. The second-order valence-corrected chi connectivity index (χ2v) is 26.0. The summed E-state index contributed by atoms with van der Waals surface area (Å²) in [7, 11) is -1.33. The van der Waals surface area contributed by atoms with Crippen molar-refractivity contribution in [2.45, 2.75) is 123 Å². The number of rotatable bonds is 12. The molecule has 0 aliphatic carbocycles. The first-order valence-corrected chi connectivity index (χ1v) is 27.5. The molecule has 16 heteroatoms. The van der Waals surface area contributed by atoms with Crippen LogP contribution in [0.15, 0.2) is 54.9 Å².